The molecule has 0 heterocycles. The highest BCUT2D eigenvalue weighted by Crippen LogP contribution is 2.16. The second-order valence-electron chi connectivity index (χ2n) is 3.68. The van der Waals surface area contributed by atoms with Crippen LogP contribution in [-0.4, -0.2) is 12.5 Å². The average Bonchev–Trinajstić information content (AvgIpc) is 2.33. The predicted molar refractivity (Wildman–Crippen MR) is 73.3 cm³/mol. The first-order valence-corrected chi connectivity index (χ1v) is 6.39. The van der Waals surface area contributed by atoms with Crippen molar-refractivity contribution < 1.29 is 8.68 Å². The molecular weight excluding hydrogens is 237 g/mol. The van der Waals surface area contributed by atoms with E-state index in [1.54, 1.807) is 19.1 Å². The Morgan fingerprint density at radius 2 is 1.94 bits per heavy atom. The van der Waals surface area contributed by atoms with Crippen LogP contribution in [0.3, 0.4) is 0 Å². The van der Waals surface area contributed by atoms with Crippen LogP contribution in [0.1, 0.15) is 34.1 Å². The topological polar surface area (TPSA) is 29.1 Å². The molecule has 0 radical (unpaired) electrons. The van der Waals surface area contributed by atoms with E-state index in [0.717, 1.165) is 12.0 Å². The van der Waals surface area contributed by atoms with Gasteiger partial charge in [0.2, 0.25) is 0 Å². The lowest BCUT2D eigenvalue weighted by atomic mass is 10.1. The van der Waals surface area contributed by atoms with Crippen LogP contribution in [0.25, 0.3) is 0 Å². The number of carbonyl (C=O) groups excluding carboxylic acids is 1. The summed E-state index contributed by atoms with van der Waals surface area (Å²) in [6.45, 7) is 8.10. The number of halogens is 1. The molecule has 0 aromatic carbocycles. The summed E-state index contributed by atoms with van der Waals surface area (Å²) in [4.78, 5) is 12.3. The van der Waals surface area contributed by atoms with Gasteiger partial charge >= 0.3 is 0 Å². The van der Waals surface area contributed by atoms with Crippen molar-refractivity contribution >= 4 is 18.1 Å². The molecule has 96 valence electrons. The molecule has 2 nitrogen and oxygen atoms in total. The molecule has 0 atom stereocenters. The molecule has 0 aliphatic heterocycles. The lowest BCUT2D eigenvalue weighted by Crippen LogP contribution is -2.23. The van der Waals surface area contributed by atoms with Crippen LogP contribution in [0.5, 0.6) is 0 Å². The molecule has 0 aromatic heterocycles. The fraction of sp³-hybridized carbons (Fsp3) is 0.462. The molecule has 0 fully saturated rings. The maximum absolute atomic E-state index is 12.2. The second-order valence-corrected chi connectivity index (χ2v) is 4.48. The molecule has 1 N–H and O–H groups in total. The Bertz CT molecular complexity index is 345. The minimum Gasteiger partial charge on any atom is -0.352 e. The van der Waals surface area contributed by atoms with Gasteiger partial charge in [-0.2, -0.15) is 3.89 Å². The van der Waals surface area contributed by atoms with Crippen LogP contribution in [0.2, 0.25) is 0 Å². The third-order valence-electron chi connectivity index (χ3n) is 2.18. The van der Waals surface area contributed by atoms with E-state index in [4.69, 9.17) is 0 Å². The van der Waals surface area contributed by atoms with E-state index in [1.807, 2.05) is 26.8 Å². The van der Waals surface area contributed by atoms with Gasteiger partial charge in [0.1, 0.15) is 0 Å². The summed E-state index contributed by atoms with van der Waals surface area (Å²) in [6.07, 6.45) is 5.97. The van der Waals surface area contributed by atoms with Crippen molar-refractivity contribution in [2.45, 2.75) is 34.1 Å². The molecule has 17 heavy (non-hydrogen) atoms. The van der Waals surface area contributed by atoms with E-state index in [0.29, 0.717) is 17.0 Å². The third-order valence-corrected chi connectivity index (χ3v) is 2.56. The quantitative estimate of drug-likeness (QED) is 0.577. The highest BCUT2D eigenvalue weighted by Gasteiger charge is 2.04. The molecule has 0 spiro atoms. The van der Waals surface area contributed by atoms with Crippen molar-refractivity contribution in [3.63, 3.8) is 0 Å². The standard InChI is InChI=1S/C13H20FNOS/c1-5-10(3)9-12(13(16)15-6-2)8-7-11(4)17-14/h7-9H,5-6H2,1-4H3,(H,15,16)/b10-9+,11-7+,12-8+. The van der Waals surface area contributed by atoms with Crippen LogP contribution in [0.15, 0.2) is 34.3 Å². The molecule has 0 rings (SSSR count). The lowest BCUT2D eigenvalue weighted by Gasteiger charge is -2.04. The fourth-order valence-electron chi connectivity index (χ4n) is 1.05. The summed E-state index contributed by atoms with van der Waals surface area (Å²) in [5.74, 6) is -0.131. The number of nitrogens with one attached hydrogen (secondary N) is 1. The summed E-state index contributed by atoms with van der Waals surface area (Å²) < 4.78 is 12.2. The minimum absolute atomic E-state index is 0.131. The molecule has 0 saturated heterocycles. The molecule has 0 bridgehead atoms. The molecule has 0 unspecified atom stereocenters. The van der Waals surface area contributed by atoms with Crippen molar-refractivity contribution in [2.75, 3.05) is 6.54 Å². The zero-order valence-electron chi connectivity index (χ0n) is 10.8. The normalized spacial score (nSPS) is 13.8. The number of allylic oxidation sites excluding steroid dienone is 4. The Kier molecular flexibility index (Phi) is 8.50. The SMILES string of the molecule is CCNC(=O)C(/C=C(\C)CC)=C/C=C(\C)SF. The number of rotatable bonds is 6. The maximum Gasteiger partial charge on any atom is 0.251 e. The van der Waals surface area contributed by atoms with Gasteiger partial charge in [0.25, 0.3) is 5.91 Å². The molecule has 0 aliphatic carbocycles. The molecular formula is C13H20FNOS. The second kappa shape index (κ2) is 9.05. The van der Waals surface area contributed by atoms with Gasteiger partial charge in [-0.1, -0.05) is 18.6 Å². The van der Waals surface area contributed by atoms with E-state index in [2.05, 4.69) is 5.32 Å². The van der Waals surface area contributed by atoms with Gasteiger partial charge < -0.3 is 5.32 Å². The molecule has 1 amide bonds. The Morgan fingerprint density at radius 3 is 2.41 bits per heavy atom. The largest absolute Gasteiger partial charge is 0.352 e. The van der Waals surface area contributed by atoms with Gasteiger partial charge in [0, 0.05) is 17.0 Å². The third kappa shape index (κ3) is 7.00. The van der Waals surface area contributed by atoms with Gasteiger partial charge in [-0.3, -0.25) is 4.79 Å². The highest BCUT2D eigenvalue weighted by molar-refractivity contribution is 7.98. The van der Waals surface area contributed by atoms with Crippen LogP contribution in [-0.2, 0) is 4.79 Å². The van der Waals surface area contributed by atoms with E-state index in [1.165, 1.54) is 0 Å². The fourth-order valence-corrected chi connectivity index (χ4v) is 1.17. The Labute approximate surface area is 107 Å². The average molecular weight is 257 g/mol. The number of likely N-dealkylation sites (N-methyl/N-ethyl adjacent to an activating group) is 1. The number of hydrogen-bond donors (Lipinski definition) is 1. The number of hydrogen-bond acceptors (Lipinski definition) is 2. The van der Waals surface area contributed by atoms with Crippen molar-refractivity contribution in [3.05, 3.63) is 34.3 Å². The predicted octanol–water partition coefficient (Wildman–Crippen LogP) is 3.93. The minimum atomic E-state index is -0.131. The summed E-state index contributed by atoms with van der Waals surface area (Å²) in [5.41, 5.74) is 1.67. The van der Waals surface area contributed by atoms with Gasteiger partial charge in [0.05, 0.1) is 12.1 Å². The molecule has 4 heteroatoms. The van der Waals surface area contributed by atoms with Crippen molar-refractivity contribution in [3.8, 4) is 0 Å². The van der Waals surface area contributed by atoms with Crippen molar-refractivity contribution in [1.82, 2.24) is 5.32 Å². The lowest BCUT2D eigenvalue weighted by molar-refractivity contribution is -0.117. The van der Waals surface area contributed by atoms with Crippen LogP contribution < -0.4 is 5.32 Å². The van der Waals surface area contributed by atoms with Crippen LogP contribution in [0, 0.1) is 0 Å². The van der Waals surface area contributed by atoms with Gasteiger partial charge in [0.15, 0.2) is 0 Å². The van der Waals surface area contributed by atoms with Crippen LogP contribution in [0.4, 0.5) is 3.89 Å². The smallest absolute Gasteiger partial charge is 0.251 e. The van der Waals surface area contributed by atoms with Crippen LogP contribution >= 0.6 is 12.1 Å². The molecule has 0 saturated carbocycles. The molecule has 0 aliphatic rings. The summed E-state index contributed by atoms with van der Waals surface area (Å²) in [6, 6.07) is 0. The zero-order valence-corrected chi connectivity index (χ0v) is 11.7. The van der Waals surface area contributed by atoms with Crippen molar-refractivity contribution in [2.24, 2.45) is 0 Å². The van der Waals surface area contributed by atoms with E-state index < -0.39 is 0 Å². The maximum atomic E-state index is 12.2. The van der Waals surface area contributed by atoms with E-state index in [-0.39, 0.29) is 18.1 Å². The van der Waals surface area contributed by atoms with E-state index in [9.17, 15) is 8.68 Å². The Balaban J connectivity index is 5.04. The van der Waals surface area contributed by atoms with E-state index >= 15 is 0 Å². The summed E-state index contributed by atoms with van der Waals surface area (Å²) >= 11 is 0.181. The number of carbonyl (C=O) groups is 1. The first-order chi connectivity index (χ1) is 8.04. The Hall–Kier alpha value is -1.03. The zero-order chi connectivity index (χ0) is 13.3. The molecule has 0 aromatic rings. The summed E-state index contributed by atoms with van der Waals surface area (Å²) in [7, 11) is 0. The monoisotopic (exact) mass is 257 g/mol. The first kappa shape index (κ1) is 16.0. The summed E-state index contributed by atoms with van der Waals surface area (Å²) in [5, 5.41) is 2.74. The highest BCUT2D eigenvalue weighted by atomic mass is 32.2. The Morgan fingerprint density at radius 1 is 1.29 bits per heavy atom. The van der Waals surface area contributed by atoms with Gasteiger partial charge in [-0.05, 0) is 39.3 Å². The first-order valence-electron chi connectivity index (χ1n) is 5.67. The van der Waals surface area contributed by atoms with Crippen molar-refractivity contribution in [1.29, 1.82) is 0 Å². The number of amides is 1. The van der Waals surface area contributed by atoms with Gasteiger partial charge in [-0.25, -0.2) is 0 Å². The van der Waals surface area contributed by atoms with Gasteiger partial charge in [-0.15, -0.1) is 0 Å².